The second kappa shape index (κ2) is 12.1. The van der Waals surface area contributed by atoms with Gasteiger partial charge in [-0.15, -0.1) is 0 Å². The molecular weight excluding hydrogens is 650 g/mol. The van der Waals surface area contributed by atoms with Crippen LogP contribution in [0.1, 0.15) is 26.3 Å². The molecule has 3 saturated heterocycles. The zero-order valence-corrected chi connectivity index (χ0v) is 29.0. The fraction of sp³-hybridized carbons (Fsp3) is 0.639. The molecule has 3 heterocycles. The highest BCUT2D eigenvalue weighted by atomic mass is 16.5. The molecule has 6 fully saturated rings. The molecule has 1 aromatic carbocycles. The molecule has 14 nitrogen and oxygen atoms in total. The Bertz CT molecular complexity index is 1640. The minimum absolute atomic E-state index is 0.0368. The number of esters is 4. The van der Waals surface area contributed by atoms with E-state index >= 15 is 0 Å². The molecule has 50 heavy (non-hydrogen) atoms. The highest BCUT2D eigenvalue weighted by Crippen LogP contribution is 2.61. The molecule has 1 aromatic rings. The molecule has 14 heteroatoms. The summed E-state index contributed by atoms with van der Waals surface area (Å²) in [5.41, 5.74) is -0.0634. The van der Waals surface area contributed by atoms with E-state index < -0.39 is 94.7 Å². The highest BCUT2D eigenvalue weighted by Gasteiger charge is 2.74. The van der Waals surface area contributed by atoms with Crippen LogP contribution in [-0.2, 0) is 59.1 Å². The monoisotopic (exact) mass is 693 g/mol. The number of nitrogens with zero attached hydrogens (tertiary/aromatic N) is 3. The molecule has 3 saturated carbocycles. The fourth-order valence-electron chi connectivity index (χ4n) is 9.38. The van der Waals surface area contributed by atoms with E-state index in [9.17, 15) is 33.6 Å². The van der Waals surface area contributed by atoms with E-state index in [-0.39, 0.29) is 49.9 Å². The third-order valence-corrected chi connectivity index (χ3v) is 11.9. The van der Waals surface area contributed by atoms with Crippen molar-refractivity contribution in [3.63, 3.8) is 0 Å². The third-order valence-electron chi connectivity index (χ3n) is 11.9. The van der Waals surface area contributed by atoms with Crippen LogP contribution in [0.5, 0.6) is 0 Å². The Labute approximate surface area is 289 Å². The molecule has 0 N–H and O–H groups in total. The predicted molar refractivity (Wildman–Crippen MR) is 170 cm³/mol. The topological polar surface area (TPSA) is 166 Å². The lowest BCUT2D eigenvalue weighted by Gasteiger charge is -2.38. The maximum absolute atomic E-state index is 14.8. The number of hydrogen-bond donors (Lipinski definition) is 0. The number of carbonyl (C=O) groups is 7. The second-order valence-electron chi connectivity index (χ2n) is 15.5. The zero-order valence-electron chi connectivity index (χ0n) is 29.0. The van der Waals surface area contributed by atoms with E-state index in [1.807, 2.05) is 18.2 Å². The van der Waals surface area contributed by atoms with Gasteiger partial charge in [0.05, 0.1) is 39.1 Å². The quantitative estimate of drug-likeness (QED) is 0.275. The number of ether oxygens (including phenoxy) is 4. The molecule has 12 atom stereocenters. The molecule has 268 valence electrons. The number of rotatable bonds is 8. The second-order valence-corrected chi connectivity index (χ2v) is 15.5. The number of carbonyl (C=O) groups excluding carboxylic acids is 7. The van der Waals surface area contributed by atoms with Crippen molar-refractivity contribution >= 4 is 41.6 Å². The minimum Gasteiger partial charge on any atom is -0.469 e. The van der Waals surface area contributed by atoms with Gasteiger partial charge in [0.15, 0.2) is 0 Å². The van der Waals surface area contributed by atoms with E-state index in [2.05, 4.69) is 0 Å². The molecule has 0 bridgehead atoms. The smallest absolute Gasteiger partial charge is 0.329 e. The van der Waals surface area contributed by atoms with Crippen molar-refractivity contribution in [2.75, 3.05) is 41.0 Å². The SMILES string of the molecule is COC(=O)[C@@H]1[C@H]2CN(C(=O)[C@@H]3[C@@H]4[C@H](CN3C(=O)[C@@H]3[C@@H]5[C@H](CN3C(=O)C(C)(C)C)[C@H]5C(=O)OC)[C@H]4C(=O)OC)[C@H](C(=O)OCc3ccccc3)[C@H]21. The van der Waals surface area contributed by atoms with Gasteiger partial charge in [0, 0.05) is 42.8 Å². The van der Waals surface area contributed by atoms with Gasteiger partial charge in [0.25, 0.3) is 0 Å². The van der Waals surface area contributed by atoms with Crippen molar-refractivity contribution in [1.29, 1.82) is 0 Å². The van der Waals surface area contributed by atoms with Crippen LogP contribution in [0.2, 0.25) is 0 Å². The van der Waals surface area contributed by atoms with Gasteiger partial charge in [-0.25, -0.2) is 4.79 Å². The highest BCUT2D eigenvalue weighted by molar-refractivity contribution is 5.99. The summed E-state index contributed by atoms with van der Waals surface area (Å²) < 4.78 is 20.7. The Kier molecular flexibility index (Phi) is 8.21. The summed E-state index contributed by atoms with van der Waals surface area (Å²) >= 11 is 0. The maximum atomic E-state index is 14.8. The Morgan fingerprint density at radius 3 is 1.44 bits per heavy atom. The van der Waals surface area contributed by atoms with Gasteiger partial charge in [-0.2, -0.15) is 0 Å². The maximum Gasteiger partial charge on any atom is 0.329 e. The van der Waals surface area contributed by atoms with Crippen molar-refractivity contribution in [2.45, 2.75) is 45.5 Å². The lowest BCUT2D eigenvalue weighted by molar-refractivity contribution is -0.161. The average molecular weight is 694 g/mol. The van der Waals surface area contributed by atoms with E-state index in [4.69, 9.17) is 18.9 Å². The van der Waals surface area contributed by atoms with Crippen LogP contribution >= 0.6 is 0 Å². The normalized spacial score (nSPS) is 35.7. The van der Waals surface area contributed by atoms with Gasteiger partial charge < -0.3 is 33.6 Å². The van der Waals surface area contributed by atoms with Crippen molar-refractivity contribution in [1.82, 2.24) is 14.7 Å². The molecule has 0 aromatic heterocycles. The Morgan fingerprint density at radius 1 is 0.600 bits per heavy atom. The summed E-state index contributed by atoms with van der Waals surface area (Å²) in [6.07, 6.45) is 0. The van der Waals surface area contributed by atoms with Crippen LogP contribution in [0.25, 0.3) is 0 Å². The molecule has 7 rings (SSSR count). The Morgan fingerprint density at radius 2 is 1.00 bits per heavy atom. The van der Waals surface area contributed by atoms with E-state index in [1.54, 1.807) is 32.9 Å². The van der Waals surface area contributed by atoms with Gasteiger partial charge >= 0.3 is 23.9 Å². The first kappa shape index (κ1) is 34.0. The lowest BCUT2D eigenvalue weighted by Crippen LogP contribution is -2.59. The molecule has 0 spiro atoms. The standard InChI is InChI=1S/C36H43N3O11/c1-36(2,3)35(46)39-14-19-21(24(19)32(43)48-5)27(39)30(41)37-12-17-20(23(17)31(42)47-4)26(37)29(40)38-13-18-22(25(18)33(44)49-6)28(38)34(45)50-15-16-10-8-7-9-11-16/h7-11,17-28H,12-15H2,1-6H3/t17-,18-,19-,20+,21+,22+,23+,24+,25+,26-,27-,28-/m0/s1. The lowest BCUT2D eigenvalue weighted by atomic mass is 9.93. The van der Waals surface area contributed by atoms with Crippen molar-refractivity contribution in [3.05, 3.63) is 35.9 Å². The number of likely N-dealkylation sites (tertiary alicyclic amines) is 3. The molecule has 3 amide bonds. The number of piperidine rings is 3. The molecule has 3 aliphatic heterocycles. The van der Waals surface area contributed by atoms with Crippen LogP contribution in [0, 0.1) is 58.7 Å². The predicted octanol–water partition coefficient (Wildman–Crippen LogP) is 0.514. The fourth-order valence-corrected chi connectivity index (χ4v) is 9.38. The van der Waals surface area contributed by atoms with Crippen molar-refractivity contribution in [3.8, 4) is 0 Å². The zero-order chi connectivity index (χ0) is 36.0. The summed E-state index contributed by atoms with van der Waals surface area (Å²) in [7, 11) is 3.83. The first-order chi connectivity index (χ1) is 23.8. The minimum atomic E-state index is -1.13. The first-order valence-electron chi connectivity index (χ1n) is 17.1. The van der Waals surface area contributed by atoms with Gasteiger partial charge in [0.2, 0.25) is 17.7 Å². The Hall–Kier alpha value is -4.49. The summed E-state index contributed by atoms with van der Waals surface area (Å²) in [6.45, 7) is 5.59. The van der Waals surface area contributed by atoms with Crippen LogP contribution in [0.4, 0.5) is 0 Å². The van der Waals surface area contributed by atoms with Crippen molar-refractivity contribution in [2.24, 2.45) is 58.7 Å². The van der Waals surface area contributed by atoms with Gasteiger partial charge in [0.1, 0.15) is 24.7 Å². The summed E-state index contributed by atoms with van der Waals surface area (Å²) in [4.78, 5) is 99.2. The molecule has 0 unspecified atom stereocenters. The van der Waals surface area contributed by atoms with Crippen LogP contribution in [0.15, 0.2) is 30.3 Å². The summed E-state index contributed by atoms with van der Waals surface area (Å²) in [5, 5.41) is 0. The summed E-state index contributed by atoms with van der Waals surface area (Å²) in [5.74, 6) is -7.56. The number of amides is 3. The molecule has 0 radical (unpaired) electrons. The molecule has 6 aliphatic rings. The van der Waals surface area contributed by atoms with Crippen LogP contribution < -0.4 is 0 Å². The number of methoxy groups -OCH3 is 3. The van der Waals surface area contributed by atoms with Crippen molar-refractivity contribution < 1.29 is 52.5 Å². The van der Waals surface area contributed by atoms with E-state index in [0.717, 1.165) is 5.56 Å². The number of benzene rings is 1. The number of hydrogen-bond acceptors (Lipinski definition) is 11. The first-order valence-corrected chi connectivity index (χ1v) is 17.1. The van der Waals surface area contributed by atoms with E-state index in [1.165, 1.54) is 36.0 Å². The molecule has 3 aliphatic carbocycles. The van der Waals surface area contributed by atoms with Gasteiger partial charge in [-0.3, -0.25) is 28.8 Å². The largest absolute Gasteiger partial charge is 0.469 e. The van der Waals surface area contributed by atoms with Gasteiger partial charge in [-0.05, 0) is 23.3 Å². The third kappa shape index (κ3) is 5.24. The number of fused-ring (bicyclic) bond motifs is 3. The van der Waals surface area contributed by atoms with Crippen LogP contribution in [-0.4, -0.2) is 115 Å². The van der Waals surface area contributed by atoms with Gasteiger partial charge in [-0.1, -0.05) is 51.1 Å². The summed E-state index contributed by atoms with van der Waals surface area (Å²) in [6, 6.07) is 5.83. The van der Waals surface area contributed by atoms with E-state index in [0.29, 0.717) is 0 Å². The molecular formula is C36H43N3O11. The Balaban J connectivity index is 1.19. The van der Waals surface area contributed by atoms with Crippen LogP contribution in [0.3, 0.4) is 0 Å². The average Bonchev–Trinajstić information content (AvgIpc) is 4.02.